The van der Waals surface area contributed by atoms with E-state index in [2.05, 4.69) is 10.1 Å². The SMILES string of the molecule is COC1(N(C(=O)CCCC(NC(=O)OCC(Cl)(Cl)Cl)C(=O)O)C(=O)Cc2cccs2)C(=O)N2C(C(=O)O)=C(COC(N)=O)CS[C@H]21. The monoisotopic (exact) mass is 744 g/mol. The van der Waals surface area contributed by atoms with E-state index < -0.39 is 88.1 Å². The first kappa shape index (κ1) is 37.2. The molecular formula is C25H27Cl3N4O12S2. The van der Waals surface area contributed by atoms with Crippen molar-refractivity contribution in [3.63, 3.8) is 0 Å². The summed E-state index contributed by atoms with van der Waals surface area (Å²) in [5, 5.41) is 22.0. The predicted molar refractivity (Wildman–Crippen MR) is 163 cm³/mol. The maximum atomic E-state index is 13.8. The van der Waals surface area contributed by atoms with E-state index >= 15 is 0 Å². The third-order valence-corrected chi connectivity index (χ3v) is 9.13. The number of carbonyl (C=O) groups excluding carboxylic acids is 5. The first-order valence-electron chi connectivity index (χ1n) is 13.0. The summed E-state index contributed by atoms with van der Waals surface area (Å²) in [6.45, 7) is -1.19. The van der Waals surface area contributed by atoms with E-state index in [9.17, 15) is 43.8 Å². The topological polar surface area (TPSA) is 232 Å². The van der Waals surface area contributed by atoms with Crippen LogP contribution in [-0.4, -0.2) is 109 Å². The quantitative estimate of drug-likeness (QED) is 0.122. The smallest absolute Gasteiger partial charge is 0.407 e. The van der Waals surface area contributed by atoms with Crippen molar-refractivity contribution in [2.75, 3.05) is 26.1 Å². The summed E-state index contributed by atoms with van der Waals surface area (Å²) in [5.74, 6) is -5.90. The van der Waals surface area contributed by atoms with E-state index in [-0.39, 0.29) is 30.6 Å². The normalized spacial score (nSPS) is 19.8. The molecule has 3 heterocycles. The van der Waals surface area contributed by atoms with E-state index in [4.69, 9.17) is 50.0 Å². The second-order valence-electron chi connectivity index (χ2n) is 9.60. The molecule has 46 heavy (non-hydrogen) atoms. The molecule has 0 aromatic carbocycles. The molecule has 0 spiro atoms. The standard InChI is InChI=1S/C25H27Cl3N4O12S2/c1-42-25(20(39)31-17(19(37)38)12(9-43-22(29)40)10-46-21(25)31)32(16(34)8-13-4-3-7-45-13)15(33)6-2-5-14(18(35)36)30-23(41)44-11-24(26,27)28/h3-4,7,14,21H,2,5-6,8-11H2,1H3,(H2,29,40)(H,30,41)(H,35,36)(H,37,38)/t14?,21-,25?/m0/s1. The highest BCUT2D eigenvalue weighted by molar-refractivity contribution is 8.00. The van der Waals surface area contributed by atoms with Crippen molar-refractivity contribution in [3.8, 4) is 0 Å². The van der Waals surface area contributed by atoms with E-state index in [1.165, 1.54) is 11.3 Å². The largest absolute Gasteiger partial charge is 0.480 e. The number of carboxylic acid groups (broad SMARTS) is 2. The Kier molecular flexibility index (Phi) is 12.6. The van der Waals surface area contributed by atoms with Gasteiger partial charge in [0, 0.05) is 29.7 Å². The Bertz CT molecular complexity index is 1420. The first-order valence-corrected chi connectivity index (χ1v) is 16.1. The van der Waals surface area contributed by atoms with Crippen LogP contribution in [0.1, 0.15) is 24.1 Å². The number of β-lactam (4-membered cyclic amide) rings is 1. The number of hydrogen-bond donors (Lipinski definition) is 4. The lowest BCUT2D eigenvalue weighted by Crippen LogP contribution is -2.82. The zero-order chi connectivity index (χ0) is 34.4. The number of alkyl carbamates (subject to hydrolysis) is 1. The van der Waals surface area contributed by atoms with E-state index in [1.54, 1.807) is 17.5 Å². The van der Waals surface area contributed by atoms with Gasteiger partial charge in [-0.15, -0.1) is 23.1 Å². The number of amides is 5. The summed E-state index contributed by atoms with van der Waals surface area (Å²) in [5.41, 5.74) is 2.26. The van der Waals surface area contributed by atoms with Crippen molar-refractivity contribution >= 4 is 99.7 Å². The van der Waals surface area contributed by atoms with Gasteiger partial charge in [0.25, 0.3) is 11.6 Å². The lowest BCUT2D eigenvalue weighted by molar-refractivity contribution is -0.223. The molecule has 252 valence electrons. The molecule has 5 N–H and O–H groups in total. The van der Waals surface area contributed by atoms with E-state index in [0.717, 1.165) is 23.8 Å². The number of halogens is 3. The molecule has 1 saturated heterocycles. The van der Waals surface area contributed by atoms with Gasteiger partial charge in [0.15, 0.2) is 0 Å². The van der Waals surface area contributed by atoms with Crippen molar-refractivity contribution in [1.82, 2.24) is 15.1 Å². The van der Waals surface area contributed by atoms with Gasteiger partial charge in [-0.25, -0.2) is 24.1 Å². The Morgan fingerprint density at radius 1 is 1.20 bits per heavy atom. The van der Waals surface area contributed by atoms with Gasteiger partial charge in [-0.3, -0.25) is 19.3 Å². The van der Waals surface area contributed by atoms with Crippen molar-refractivity contribution in [2.24, 2.45) is 5.73 Å². The van der Waals surface area contributed by atoms with Crippen molar-refractivity contribution < 1.29 is 58.0 Å². The fraction of sp³-hybridized carbons (Fsp3) is 0.480. The molecule has 16 nitrogen and oxygen atoms in total. The summed E-state index contributed by atoms with van der Waals surface area (Å²) < 4.78 is 13.0. The van der Waals surface area contributed by atoms with Crippen LogP contribution in [0.3, 0.4) is 0 Å². The molecule has 0 bridgehead atoms. The molecule has 2 aliphatic heterocycles. The minimum Gasteiger partial charge on any atom is -0.480 e. The van der Waals surface area contributed by atoms with Crippen LogP contribution in [-0.2, 0) is 44.6 Å². The number of nitrogens with two attached hydrogens (primary N) is 1. The molecule has 3 rings (SSSR count). The van der Waals surface area contributed by atoms with Crippen LogP contribution in [0.4, 0.5) is 9.59 Å². The van der Waals surface area contributed by atoms with Gasteiger partial charge >= 0.3 is 24.1 Å². The minimum atomic E-state index is -2.27. The minimum absolute atomic E-state index is 0.0490. The van der Waals surface area contributed by atoms with E-state index in [0.29, 0.717) is 9.78 Å². The van der Waals surface area contributed by atoms with Crippen LogP contribution < -0.4 is 11.1 Å². The number of aliphatic carboxylic acids is 2. The van der Waals surface area contributed by atoms with Crippen LogP contribution in [0.15, 0.2) is 28.8 Å². The number of thiophene rings is 1. The number of thioether (sulfide) groups is 1. The predicted octanol–water partition coefficient (Wildman–Crippen LogP) is 2.06. The summed E-state index contributed by atoms with van der Waals surface area (Å²) in [6.07, 6.45) is -3.68. The number of alkyl halides is 3. The fourth-order valence-corrected chi connectivity index (χ4v) is 6.95. The van der Waals surface area contributed by atoms with Crippen LogP contribution in [0, 0.1) is 0 Å². The van der Waals surface area contributed by atoms with Crippen molar-refractivity contribution in [2.45, 2.75) is 46.6 Å². The van der Waals surface area contributed by atoms with Crippen LogP contribution in [0.2, 0.25) is 0 Å². The molecule has 1 aromatic heterocycles. The lowest BCUT2D eigenvalue weighted by Gasteiger charge is -2.58. The zero-order valence-corrected chi connectivity index (χ0v) is 27.6. The highest BCUT2D eigenvalue weighted by Gasteiger charge is 2.71. The summed E-state index contributed by atoms with van der Waals surface area (Å²) >= 11 is 18.7. The highest BCUT2D eigenvalue weighted by atomic mass is 35.6. The highest BCUT2D eigenvalue weighted by Crippen LogP contribution is 2.50. The molecule has 0 aliphatic carbocycles. The Hall–Kier alpha value is -3.29. The third-order valence-electron chi connectivity index (χ3n) is 6.57. The second-order valence-corrected chi connectivity index (χ2v) is 14.2. The molecule has 0 radical (unpaired) electrons. The number of imide groups is 1. The number of nitrogens with zero attached hydrogens (tertiary/aromatic N) is 2. The summed E-state index contributed by atoms with van der Waals surface area (Å²) in [6, 6.07) is 1.77. The third kappa shape index (κ3) is 8.54. The average Bonchev–Trinajstić information content (AvgIpc) is 3.48. The van der Waals surface area contributed by atoms with Crippen LogP contribution in [0.5, 0.6) is 0 Å². The first-order chi connectivity index (χ1) is 21.5. The molecule has 1 fully saturated rings. The molecule has 0 saturated carbocycles. The number of methoxy groups -OCH3 is 1. The van der Waals surface area contributed by atoms with Gasteiger partial charge in [0.1, 0.15) is 30.3 Å². The van der Waals surface area contributed by atoms with Gasteiger partial charge < -0.3 is 35.5 Å². The summed E-state index contributed by atoms with van der Waals surface area (Å²) in [7, 11) is 1.08. The number of hydrogen-bond acceptors (Lipinski definition) is 12. The van der Waals surface area contributed by atoms with Crippen molar-refractivity contribution in [3.05, 3.63) is 33.7 Å². The van der Waals surface area contributed by atoms with Crippen LogP contribution in [0.25, 0.3) is 0 Å². The molecule has 5 amide bonds. The number of rotatable bonds is 14. The molecule has 2 aliphatic rings. The van der Waals surface area contributed by atoms with Gasteiger partial charge in [0.2, 0.25) is 15.6 Å². The number of fused-ring (bicyclic) bond motifs is 1. The maximum absolute atomic E-state index is 13.8. The Morgan fingerprint density at radius 2 is 1.89 bits per heavy atom. The van der Waals surface area contributed by atoms with E-state index in [1.807, 2.05) is 0 Å². The molecule has 21 heteroatoms. The summed E-state index contributed by atoms with van der Waals surface area (Å²) in [4.78, 5) is 90.2. The fourth-order valence-electron chi connectivity index (χ4n) is 4.63. The molecule has 3 atom stereocenters. The maximum Gasteiger partial charge on any atom is 0.407 e. The number of carbonyl (C=O) groups is 7. The molecule has 2 unspecified atom stereocenters. The number of nitrogens with one attached hydrogen (secondary N) is 1. The lowest BCUT2D eigenvalue weighted by atomic mass is 9.94. The number of carboxylic acids is 2. The number of primary amides is 1. The average molecular weight is 746 g/mol. The Balaban J connectivity index is 1.85. The molecule has 1 aromatic rings. The molecular weight excluding hydrogens is 719 g/mol. The Morgan fingerprint density at radius 3 is 2.43 bits per heavy atom. The van der Waals surface area contributed by atoms with Gasteiger partial charge in [0.05, 0.1) is 6.42 Å². The number of ether oxygens (including phenoxy) is 3. The van der Waals surface area contributed by atoms with Gasteiger partial charge in [-0.2, -0.15) is 0 Å². The Labute approximate surface area is 284 Å². The zero-order valence-electron chi connectivity index (χ0n) is 23.7. The van der Waals surface area contributed by atoms with Gasteiger partial charge in [-0.1, -0.05) is 40.9 Å². The van der Waals surface area contributed by atoms with Crippen molar-refractivity contribution in [1.29, 1.82) is 0 Å². The van der Waals surface area contributed by atoms with Crippen LogP contribution >= 0.6 is 57.9 Å². The second kappa shape index (κ2) is 15.5. The van der Waals surface area contributed by atoms with Gasteiger partial charge in [-0.05, 0) is 24.3 Å².